The Hall–Kier alpha value is -1.58. The summed E-state index contributed by atoms with van der Waals surface area (Å²) in [6, 6.07) is 3.22. The van der Waals surface area contributed by atoms with E-state index in [1.807, 2.05) is 0 Å². The maximum Gasteiger partial charge on any atom is 0.248 e. The minimum atomic E-state index is -0.597. The zero-order valence-corrected chi connectivity index (χ0v) is 10.6. The molecule has 18 heavy (non-hydrogen) atoms. The summed E-state index contributed by atoms with van der Waals surface area (Å²) in [6.07, 6.45) is 5.87. The third-order valence-corrected chi connectivity index (χ3v) is 3.59. The zero-order chi connectivity index (χ0) is 13.1. The van der Waals surface area contributed by atoms with E-state index < -0.39 is 5.91 Å². The molecule has 0 bridgehead atoms. The zero-order valence-electron chi connectivity index (χ0n) is 10.6. The van der Waals surface area contributed by atoms with Gasteiger partial charge in [0.25, 0.3) is 0 Å². The van der Waals surface area contributed by atoms with E-state index in [9.17, 15) is 9.18 Å². The molecule has 0 unspecified atom stereocenters. The van der Waals surface area contributed by atoms with Crippen LogP contribution < -0.4 is 11.1 Å². The standard InChI is InChI=1S/C14H19FN2O/c1-9-12(15)7-10(14(16)18)8-13(9)17-11-5-3-2-4-6-11/h7-8,11,17H,2-6H2,1H3,(H2,16,18). The fourth-order valence-electron chi connectivity index (χ4n) is 2.44. The van der Waals surface area contributed by atoms with Gasteiger partial charge in [-0.15, -0.1) is 0 Å². The molecule has 1 amide bonds. The molecular formula is C14H19FN2O. The Bertz CT molecular complexity index is 453. The topological polar surface area (TPSA) is 55.1 Å². The fraction of sp³-hybridized carbons (Fsp3) is 0.500. The fourth-order valence-corrected chi connectivity index (χ4v) is 2.44. The molecule has 0 atom stereocenters. The molecule has 3 nitrogen and oxygen atoms in total. The highest BCUT2D eigenvalue weighted by Crippen LogP contribution is 2.26. The van der Waals surface area contributed by atoms with Gasteiger partial charge in [-0.2, -0.15) is 0 Å². The van der Waals surface area contributed by atoms with Gasteiger partial charge in [0.15, 0.2) is 0 Å². The van der Waals surface area contributed by atoms with Crippen molar-refractivity contribution in [3.8, 4) is 0 Å². The van der Waals surface area contributed by atoms with E-state index >= 15 is 0 Å². The van der Waals surface area contributed by atoms with Gasteiger partial charge < -0.3 is 11.1 Å². The molecule has 4 heteroatoms. The number of halogens is 1. The molecule has 1 saturated carbocycles. The molecule has 0 saturated heterocycles. The maximum atomic E-state index is 13.7. The quantitative estimate of drug-likeness (QED) is 0.866. The lowest BCUT2D eigenvalue weighted by atomic mass is 9.95. The molecule has 2 rings (SSSR count). The number of hydrogen-bond donors (Lipinski definition) is 2. The third-order valence-electron chi connectivity index (χ3n) is 3.59. The molecule has 1 aliphatic rings. The van der Waals surface area contributed by atoms with Crippen molar-refractivity contribution < 1.29 is 9.18 Å². The number of hydrogen-bond acceptors (Lipinski definition) is 2. The van der Waals surface area contributed by atoms with E-state index in [0.717, 1.165) is 12.8 Å². The number of rotatable bonds is 3. The van der Waals surface area contributed by atoms with Crippen LogP contribution in [0.25, 0.3) is 0 Å². The number of primary amides is 1. The number of carbonyl (C=O) groups excluding carboxylic acids is 1. The van der Waals surface area contributed by atoms with Crippen LogP contribution in [-0.4, -0.2) is 11.9 Å². The van der Waals surface area contributed by atoms with Crippen LogP contribution in [0.2, 0.25) is 0 Å². The number of benzene rings is 1. The van der Waals surface area contributed by atoms with Gasteiger partial charge in [-0.1, -0.05) is 19.3 Å². The molecule has 1 aliphatic carbocycles. The SMILES string of the molecule is Cc1c(F)cc(C(N)=O)cc1NC1CCCCC1. The molecule has 0 heterocycles. The molecule has 98 valence electrons. The van der Waals surface area contributed by atoms with Crippen molar-refractivity contribution in [1.82, 2.24) is 0 Å². The normalized spacial score (nSPS) is 16.6. The lowest BCUT2D eigenvalue weighted by Gasteiger charge is -2.25. The van der Waals surface area contributed by atoms with E-state index in [1.54, 1.807) is 13.0 Å². The highest BCUT2D eigenvalue weighted by molar-refractivity contribution is 5.94. The van der Waals surface area contributed by atoms with E-state index in [0.29, 0.717) is 17.3 Å². The van der Waals surface area contributed by atoms with Gasteiger partial charge in [-0.25, -0.2) is 4.39 Å². The van der Waals surface area contributed by atoms with Crippen molar-refractivity contribution in [2.24, 2.45) is 5.73 Å². The average Bonchev–Trinajstić information content (AvgIpc) is 2.35. The predicted octanol–water partition coefficient (Wildman–Crippen LogP) is 2.98. The number of nitrogens with two attached hydrogens (primary N) is 1. The molecule has 0 spiro atoms. The van der Waals surface area contributed by atoms with Crippen LogP contribution in [0, 0.1) is 12.7 Å². The molecule has 0 radical (unpaired) electrons. The summed E-state index contributed by atoms with van der Waals surface area (Å²) in [5.74, 6) is -0.981. The highest BCUT2D eigenvalue weighted by atomic mass is 19.1. The number of nitrogens with one attached hydrogen (secondary N) is 1. The first-order chi connectivity index (χ1) is 8.58. The predicted molar refractivity (Wildman–Crippen MR) is 70.2 cm³/mol. The molecule has 0 aromatic heterocycles. The second kappa shape index (κ2) is 5.38. The smallest absolute Gasteiger partial charge is 0.248 e. The first kappa shape index (κ1) is 12.9. The van der Waals surface area contributed by atoms with Gasteiger partial charge in [0.2, 0.25) is 5.91 Å². The molecule has 1 aromatic rings. The van der Waals surface area contributed by atoms with Crippen LogP contribution in [0.1, 0.15) is 48.0 Å². The minimum Gasteiger partial charge on any atom is -0.382 e. The Morgan fingerprint density at radius 2 is 2.00 bits per heavy atom. The first-order valence-corrected chi connectivity index (χ1v) is 6.44. The molecular weight excluding hydrogens is 231 g/mol. The number of anilines is 1. The van der Waals surface area contributed by atoms with Crippen molar-refractivity contribution in [3.05, 3.63) is 29.1 Å². The Morgan fingerprint density at radius 1 is 1.33 bits per heavy atom. The van der Waals surface area contributed by atoms with E-state index in [1.165, 1.54) is 25.3 Å². The minimum absolute atomic E-state index is 0.219. The summed E-state index contributed by atoms with van der Waals surface area (Å²) >= 11 is 0. The third kappa shape index (κ3) is 2.81. The highest BCUT2D eigenvalue weighted by Gasteiger charge is 2.16. The van der Waals surface area contributed by atoms with Crippen LogP contribution in [-0.2, 0) is 0 Å². The van der Waals surface area contributed by atoms with Crippen molar-refractivity contribution in [3.63, 3.8) is 0 Å². The molecule has 1 aromatic carbocycles. The Kier molecular flexibility index (Phi) is 3.84. The summed E-state index contributed by atoms with van der Waals surface area (Å²) in [5, 5.41) is 3.34. The van der Waals surface area contributed by atoms with Crippen molar-refractivity contribution in [2.75, 3.05) is 5.32 Å². The molecule has 3 N–H and O–H groups in total. The lowest BCUT2D eigenvalue weighted by molar-refractivity contribution is 0.1000. The number of carbonyl (C=O) groups is 1. The van der Waals surface area contributed by atoms with Crippen molar-refractivity contribution in [2.45, 2.75) is 45.1 Å². The maximum absolute atomic E-state index is 13.7. The summed E-state index contributed by atoms with van der Waals surface area (Å²) in [5.41, 5.74) is 6.66. The van der Waals surface area contributed by atoms with Crippen LogP contribution in [0.15, 0.2) is 12.1 Å². The van der Waals surface area contributed by atoms with E-state index in [4.69, 9.17) is 5.73 Å². The average molecular weight is 250 g/mol. The van der Waals surface area contributed by atoms with E-state index in [2.05, 4.69) is 5.32 Å². The van der Waals surface area contributed by atoms with Crippen LogP contribution in [0.3, 0.4) is 0 Å². The first-order valence-electron chi connectivity index (χ1n) is 6.44. The van der Waals surface area contributed by atoms with Gasteiger partial charge in [-0.05, 0) is 31.9 Å². The largest absolute Gasteiger partial charge is 0.382 e. The molecule has 1 fully saturated rings. The van der Waals surface area contributed by atoms with E-state index in [-0.39, 0.29) is 11.4 Å². The summed E-state index contributed by atoms with van der Waals surface area (Å²) in [7, 11) is 0. The Labute approximate surface area is 107 Å². The van der Waals surface area contributed by atoms with Crippen molar-refractivity contribution >= 4 is 11.6 Å². The number of amides is 1. The van der Waals surface area contributed by atoms with Crippen LogP contribution >= 0.6 is 0 Å². The monoisotopic (exact) mass is 250 g/mol. The summed E-state index contributed by atoms with van der Waals surface area (Å²) in [4.78, 5) is 11.1. The lowest BCUT2D eigenvalue weighted by Crippen LogP contribution is -2.23. The second-order valence-corrected chi connectivity index (χ2v) is 4.97. The summed E-state index contributed by atoms with van der Waals surface area (Å²) < 4.78 is 13.7. The van der Waals surface area contributed by atoms with Crippen molar-refractivity contribution in [1.29, 1.82) is 0 Å². The van der Waals surface area contributed by atoms with Gasteiger partial charge in [0, 0.05) is 22.9 Å². The molecule has 0 aliphatic heterocycles. The van der Waals surface area contributed by atoms with Crippen LogP contribution in [0.5, 0.6) is 0 Å². The van der Waals surface area contributed by atoms with Gasteiger partial charge in [0.1, 0.15) is 5.82 Å². The Balaban J connectivity index is 2.22. The second-order valence-electron chi connectivity index (χ2n) is 4.97. The van der Waals surface area contributed by atoms with Crippen LogP contribution in [0.4, 0.5) is 10.1 Å². The van der Waals surface area contributed by atoms with Gasteiger partial charge in [0.05, 0.1) is 0 Å². The van der Waals surface area contributed by atoms with Gasteiger partial charge >= 0.3 is 0 Å². The van der Waals surface area contributed by atoms with Gasteiger partial charge in [-0.3, -0.25) is 4.79 Å². The Morgan fingerprint density at radius 3 is 2.61 bits per heavy atom. The summed E-state index contributed by atoms with van der Waals surface area (Å²) in [6.45, 7) is 1.71.